The molecule has 0 amide bonds. The second-order valence-electron chi connectivity index (χ2n) is 3.93. The van der Waals surface area contributed by atoms with Crippen molar-refractivity contribution in [2.75, 3.05) is 6.61 Å². The Labute approximate surface area is 106 Å². The lowest BCUT2D eigenvalue weighted by molar-refractivity contribution is -0.313. The lowest BCUT2D eigenvalue weighted by atomic mass is 10.2. The van der Waals surface area contributed by atoms with Crippen molar-refractivity contribution in [1.82, 2.24) is 14.5 Å². The van der Waals surface area contributed by atoms with Crippen LogP contribution in [-0.4, -0.2) is 32.4 Å². The molecule has 18 heavy (non-hydrogen) atoms. The van der Waals surface area contributed by atoms with Crippen LogP contribution in [0, 0.1) is 5.82 Å². The van der Waals surface area contributed by atoms with Gasteiger partial charge in [0.05, 0.1) is 12.0 Å². The number of halogens is 2. The summed E-state index contributed by atoms with van der Waals surface area (Å²) in [5.74, 6) is -0.522. The standard InChI is InChI=1S/C10H9ClFN3O3/c11-9-8-6(12)2-15(10(8)14-4-13-9)7-1-5(3-16)17-18-7/h2,4-5,7,16H,1,3H2. The minimum absolute atomic E-state index is 0.0499. The third-order valence-corrected chi connectivity index (χ3v) is 3.08. The molecule has 1 aliphatic rings. The Morgan fingerprint density at radius 1 is 1.50 bits per heavy atom. The Bertz CT molecular complexity index is 591. The Morgan fingerprint density at radius 2 is 2.33 bits per heavy atom. The zero-order valence-electron chi connectivity index (χ0n) is 9.08. The molecule has 2 unspecified atom stereocenters. The Balaban J connectivity index is 2.06. The molecule has 0 aromatic carbocycles. The molecule has 3 heterocycles. The van der Waals surface area contributed by atoms with Crippen LogP contribution in [0.4, 0.5) is 4.39 Å². The molecule has 1 saturated heterocycles. The molecule has 96 valence electrons. The largest absolute Gasteiger partial charge is 0.394 e. The molecular weight excluding hydrogens is 265 g/mol. The van der Waals surface area contributed by atoms with Gasteiger partial charge in [0.1, 0.15) is 23.2 Å². The number of aromatic nitrogens is 3. The molecule has 8 heteroatoms. The van der Waals surface area contributed by atoms with Gasteiger partial charge in [0.25, 0.3) is 0 Å². The second-order valence-corrected chi connectivity index (χ2v) is 4.29. The van der Waals surface area contributed by atoms with Gasteiger partial charge in [-0.25, -0.2) is 24.1 Å². The van der Waals surface area contributed by atoms with Gasteiger partial charge in [-0.1, -0.05) is 11.6 Å². The monoisotopic (exact) mass is 273 g/mol. The van der Waals surface area contributed by atoms with E-state index in [4.69, 9.17) is 26.5 Å². The quantitative estimate of drug-likeness (QED) is 0.662. The fourth-order valence-corrected chi connectivity index (χ4v) is 2.15. The zero-order chi connectivity index (χ0) is 12.7. The first kappa shape index (κ1) is 11.8. The van der Waals surface area contributed by atoms with Gasteiger partial charge < -0.3 is 5.11 Å². The number of rotatable bonds is 2. The van der Waals surface area contributed by atoms with Gasteiger partial charge in [0.15, 0.2) is 12.0 Å². The predicted octanol–water partition coefficient (Wildman–Crippen LogP) is 1.44. The van der Waals surface area contributed by atoms with Crippen LogP contribution in [-0.2, 0) is 9.78 Å². The molecule has 0 bridgehead atoms. The van der Waals surface area contributed by atoms with Gasteiger partial charge >= 0.3 is 0 Å². The highest BCUT2D eigenvalue weighted by Crippen LogP contribution is 2.32. The first-order valence-electron chi connectivity index (χ1n) is 5.30. The van der Waals surface area contributed by atoms with Gasteiger partial charge in [-0.05, 0) is 0 Å². The fraction of sp³-hybridized carbons (Fsp3) is 0.400. The summed E-state index contributed by atoms with van der Waals surface area (Å²) in [5, 5.41) is 9.16. The van der Waals surface area contributed by atoms with Crippen molar-refractivity contribution in [3.63, 3.8) is 0 Å². The summed E-state index contributed by atoms with van der Waals surface area (Å²) in [4.78, 5) is 17.6. The zero-order valence-corrected chi connectivity index (χ0v) is 9.84. The molecule has 6 nitrogen and oxygen atoms in total. The van der Waals surface area contributed by atoms with Crippen molar-refractivity contribution >= 4 is 22.6 Å². The van der Waals surface area contributed by atoms with E-state index in [2.05, 4.69) is 9.97 Å². The van der Waals surface area contributed by atoms with Crippen LogP contribution in [0.1, 0.15) is 12.6 Å². The summed E-state index contributed by atoms with van der Waals surface area (Å²) >= 11 is 5.82. The van der Waals surface area contributed by atoms with Crippen LogP contribution in [0.2, 0.25) is 5.15 Å². The second kappa shape index (κ2) is 4.43. The van der Waals surface area contributed by atoms with E-state index in [1.165, 1.54) is 17.1 Å². The van der Waals surface area contributed by atoms with Crippen molar-refractivity contribution in [3.8, 4) is 0 Å². The number of aliphatic hydroxyl groups excluding tert-OH is 1. The third-order valence-electron chi connectivity index (χ3n) is 2.80. The molecule has 2 aromatic heterocycles. The van der Waals surface area contributed by atoms with Crippen molar-refractivity contribution in [2.45, 2.75) is 18.8 Å². The van der Waals surface area contributed by atoms with E-state index in [-0.39, 0.29) is 17.1 Å². The smallest absolute Gasteiger partial charge is 0.172 e. The summed E-state index contributed by atoms with van der Waals surface area (Å²) in [6.07, 6.45) is 1.92. The average Bonchev–Trinajstić information content (AvgIpc) is 2.94. The number of hydrogen-bond donors (Lipinski definition) is 1. The van der Waals surface area contributed by atoms with Crippen molar-refractivity contribution in [2.24, 2.45) is 0 Å². The number of fused-ring (bicyclic) bond motifs is 1. The van der Waals surface area contributed by atoms with Crippen molar-refractivity contribution < 1.29 is 19.3 Å². The number of aliphatic hydroxyl groups is 1. The average molecular weight is 274 g/mol. The lowest BCUT2D eigenvalue weighted by Crippen LogP contribution is -2.11. The van der Waals surface area contributed by atoms with Gasteiger partial charge in [0, 0.05) is 12.6 Å². The maximum absolute atomic E-state index is 13.8. The predicted molar refractivity (Wildman–Crippen MR) is 59.2 cm³/mol. The van der Waals surface area contributed by atoms with Crippen LogP contribution < -0.4 is 0 Å². The first-order chi connectivity index (χ1) is 8.70. The minimum Gasteiger partial charge on any atom is -0.394 e. The van der Waals surface area contributed by atoms with Gasteiger partial charge in [-0.15, -0.1) is 0 Å². The highest BCUT2D eigenvalue weighted by molar-refractivity contribution is 6.33. The maximum atomic E-state index is 13.8. The van der Waals surface area contributed by atoms with E-state index in [1.807, 2.05) is 0 Å². The van der Waals surface area contributed by atoms with Crippen molar-refractivity contribution in [1.29, 1.82) is 0 Å². The van der Waals surface area contributed by atoms with Crippen molar-refractivity contribution in [3.05, 3.63) is 23.5 Å². The molecule has 0 radical (unpaired) electrons. The fourth-order valence-electron chi connectivity index (χ4n) is 1.94. The van der Waals surface area contributed by atoms with E-state index in [1.54, 1.807) is 0 Å². The molecule has 2 aromatic rings. The summed E-state index contributed by atoms with van der Waals surface area (Å²) in [6.45, 7) is -0.159. The molecule has 1 aliphatic heterocycles. The van der Waals surface area contributed by atoms with E-state index < -0.39 is 18.1 Å². The minimum atomic E-state index is -0.542. The van der Waals surface area contributed by atoms with Crippen LogP contribution in [0.25, 0.3) is 11.0 Å². The van der Waals surface area contributed by atoms with Crippen LogP contribution in [0.5, 0.6) is 0 Å². The summed E-state index contributed by atoms with van der Waals surface area (Å²) < 4.78 is 15.2. The topological polar surface area (TPSA) is 69.4 Å². The summed E-state index contributed by atoms with van der Waals surface area (Å²) in [6, 6.07) is 0. The van der Waals surface area contributed by atoms with Crippen LogP contribution in [0.15, 0.2) is 12.5 Å². The first-order valence-corrected chi connectivity index (χ1v) is 5.68. The molecule has 2 atom stereocenters. The van der Waals surface area contributed by atoms with E-state index in [0.29, 0.717) is 12.1 Å². The molecule has 0 aliphatic carbocycles. The Hall–Kier alpha value is -1.28. The number of nitrogens with zero attached hydrogens (tertiary/aromatic N) is 3. The number of hydrogen-bond acceptors (Lipinski definition) is 5. The van der Waals surface area contributed by atoms with Crippen LogP contribution in [0.3, 0.4) is 0 Å². The van der Waals surface area contributed by atoms with Crippen LogP contribution >= 0.6 is 11.6 Å². The Morgan fingerprint density at radius 3 is 3.06 bits per heavy atom. The van der Waals surface area contributed by atoms with E-state index >= 15 is 0 Å². The molecular formula is C10H9ClFN3O3. The lowest BCUT2D eigenvalue weighted by Gasteiger charge is -2.09. The highest BCUT2D eigenvalue weighted by Gasteiger charge is 2.30. The van der Waals surface area contributed by atoms with E-state index in [9.17, 15) is 4.39 Å². The van der Waals surface area contributed by atoms with Gasteiger partial charge in [0.2, 0.25) is 0 Å². The summed E-state index contributed by atoms with van der Waals surface area (Å²) in [5.41, 5.74) is 0.333. The molecule has 1 N–H and O–H groups in total. The molecule has 0 saturated carbocycles. The van der Waals surface area contributed by atoms with Gasteiger partial charge in [-0.2, -0.15) is 0 Å². The highest BCUT2D eigenvalue weighted by atomic mass is 35.5. The SMILES string of the molecule is OCC1CC(n2cc(F)c3c(Cl)ncnc32)OO1. The third kappa shape index (κ3) is 1.76. The normalized spacial score (nSPS) is 23.9. The molecule has 0 spiro atoms. The maximum Gasteiger partial charge on any atom is 0.172 e. The summed E-state index contributed by atoms with van der Waals surface area (Å²) in [7, 11) is 0. The molecule has 1 fully saturated rings. The Kier molecular flexibility index (Phi) is 2.90. The molecule has 3 rings (SSSR count). The van der Waals surface area contributed by atoms with Gasteiger partial charge in [-0.3, -0.25) is 4.57 Å². The van der Waals surface area contributed by atoms with E-state index in [0.717, 1.165) is 0 Å².